The number of amides is 1. The smallest absolute Gasteiger partial charge is 0.268 e. The van der Waals surface area contributed by atoms with Gasteiger partial charge in [-0.2, -0.15) is 4.98 Å². The van der Waals surface area contributed by atoms with Crippen molar-refractivity contribution in [2.45, 2.75) is 127 Å². The highest BCUT2D eigenvalue weighted by Crippen LogP contribution is 2.54. The van der Waals surface area contributed by atoms with Crippen LogP contribution in [0.4, 0.5) is 30.4 Å². The molecule has 10 rings (SSSR count). The van der Waals surface area contributed by atoms with E-state index in [2.05, 4.69) is 84.7 Å². The van der Waals surface area contributed by atoms with Gasteiger partial charge in [0.1, 0.15) is 27.9 Å². The first-order chi connectivity index (χ1) is 37.7. The van der Waals surface area contributed by atoms with Gasteiger partial charge >= 0.3 is 0 Å². The van der Waals surface area contributed by atoms with Crippen molar-refractivity contribution in [3.63, 3.8) is 0 Å². The summed E-state index contributed by atoms with van der Waals surface area (Å²) in [7, 11) is -3.40. The minimum Gasteiger partial charge on any atom is -0.758 e. The lowest BCUT2D eigenvalue weighted by atomic mass is 9.59. The largest absolute Gasteiger partial charge is 0.758 e. The fourth-order valence-electron chi connectivity index (χ4n) is 12.3. The van der Waals surface area contributed by atoms with E-state index in [1.165, 1.54) is 48.6 Å². The number of hydroxylamine groups is 1. The van der Waals surface area contributed by atoms with Gasteiger partial charge in [-0.3, -0.25) is 14.6 Å². The van der Waals surface area contributed by atoms with Crippen LogP contribution < -0.4 is 29.5 Å². The molecule has 5 heterocycles. The Balaban J connectivity index is 0.871. The third-order valence-electron chi connectivity index (χ3n) is 17.0. The van der Waals surface area contributed by atoms with E-state index in [-0.39, 0.29) is 75.5 Å². The Labute approximate surface area is 460 Å². The number of nitrogens with zero attached hydrogens (tertiary/aromatic N) is 6. The number of pyridine rings is 2. The van der Waals surface area contributed by atoms with Crippen molar-refractivity contribution in [3.8, 4) is 17.4 Å². The number of benzene rings is 3. The van der Waals surface area contributed by atoms with Crippen LogP contribution in [0.15, 0.2) is 90.1 Å². The molecule has 2 aliphatic carbocycles. The summed E-state index contributed by atoms with van der Waals surface area (Å²) in [6, 6.07) is 21.0. The number of aromatic nitrogens is 3. The summed E-state index contributed by atoms with van der Waals surface area (Å²) in [4.78, 5) is 32.8. The standard InChI is InChI=1S/C59H71F3N9O7S/c1-7-77-57-53(27-46-49(62)32-65-54(46)66-57)78-52-25-40(13-14-45(52)56(72)67-79(75,76)42-26-50(68(6)74)55(64-31-42)63-30-38-16-18-58(5,73)19-17-38)69-22-20-59(21-23-69)28-41(29-59)71-33-37(4)70(34-39-12-15-47(60)48(61)24-39)35-51(71)44-11-9-8-10-43(44)36(2)3/h8-15,24-27,31-32,36-38,41,51,73H,7,16-23,28-30,33-35H2,1-6H3,(H,63,64)(H,65,66)(H,67,72)/q-1/t37-,38?,51-,58?/m0/s1. The number of hydrogen-bond donors (Lipinski definition) is 4. The molecule has 1 amide bonds. The van der Waals surface area contributed by atoms with Crippen molar-refractivity contribution in [1.82, 2.24) is 29.5 Å². The Hall–Kier alpha value is -6.45. The van der Waals surface area contributed by atoms with Crippen LogP contribution in [0.1, 0.15) is 125 Å². The van der Waals surface area contributed by atoms with Crippen molar-refractivity contribution in [2.24, 2.45) is 11.3 Å². The van der Waals surface area contributed by atoms with Crippen LogP contribution in [-0.4, -0.2) is 108 Å². The Morgan fingerprint density at radius 1 is 0.962 bits per heavy atom. The molecule has 20 heteroatoms. The molecule has 4 aliphatic rings. The van der Waals surface area contributed by atoms with Crippen molar-refractivity contribution in [2.75, 3.05) is 61.7 Å². The van der Waals surface area contributed by atoms with Gasteiger partial charge in [-0.1, -0.05) is 44.2 Å². The number of aliphatic hydroxyl groups is 1. The van der Waals surface area contributed by atoms with Crippen LogP contribution in [0.5, 0.6) is 17.4 Å². The monoisotopic (exact) mass is 1110 g/mol. The number of H-pyrrole nitrogens is 1. The van der Waals surface area contributed by atoms with E-state index in [1.807, 2.05) is 6.92 Å². The van der Waals surface area contributed by atoms with E-state index < -0.39 is 43.9 Å². The van der Waals surface area contributed by atoms with Crippen LogP contribution in [-0.2, 0) is 16.6 Å². The summed E-state index contributed by atoms with van der Waals surface area (Å²) in [5.74, 6) is -2.58. The number of halogens is 3. The number of rotatable bonds is 17. The molecule has 2 atom stereocenters. The van der Waals surface area contributed by atoms with Gasteiger partial charge in [0.05, 0.1) is 28.8 Å². The maximum atomic E-state index is 15.0. The number of hydrogen-bond acceptors (Lipinski definition) is 14. The number of nitrogens with one attached hydrogen (secondary N) is 3. The maximum Gasteiger partial charge on any atom is 0.268 e. The molecule has 0 radical (unpaired) electrons. The minimum atomic E-state index is -4.63. The summed E-state index contributed by atoms with van der Waals surface area (Å²) < 4.78 is 85.8. The first kappa shape index (κ1) is 55.8. The molecule has 3 aromatic carbocycles. The SMILES string of the molecule is CCOc1nc2[nH]cc(F)c2cc1Oc1cc(N2CCC3(CC2)CC(N2C[C@H](C)N(Cc4ccc(F)c(F)c4)C[C@H]2c2ccccc2C(C)C)C3)ccc1C(=O)NS(=O)(=O)c1cnc(NCC2CCC(C)(O)CC2)c(N(C)[O-])c1. The van der Waals surface area contributed by atoms with Gasteiger partial charge in [0.25, 0.3) is 21.8 Å². The molecular formula is C59H71F3N9O7S-. The first-order valence-electron chi connectivity index (χ1n) is 27.5. The number of aromatic amines is 1. The summed E-state index contributed by atoms with van der Waals surface area (Å²) in [5.41, 5.74) is 3.51. The Morgan fingerprint density at radius 3 is 2.42 bits per heavy atom. The van der Waals surface area contributed by atoms with Crippen LogP contribution in [0, 0.1) is 34.0 Å². The average molecular weight is 1110 g/mol. The zero-order chi connectivity index (χ0) is 56.0. The van der Waals surface area contributed by atoms with Crippen LogP contribution in [0.3, 0.4) is 0 Å². The molecule has 2 saturated carbocycles. The number of carbonyl (C=O) groups is 1. The number of anilines is 3. The van der Waals surface area contributed by atoms with E-state index in [0.717, 1.165) is 75.1 Å². The number of sulfonamides is 1. The second kappa shape index (κ2) is 22.6. The molecule has 4 N–H and O–H groups in total. The number of ether oxygens (including phenoxy) is 2. The highest BCUT2D eigenvalue weighted by atomic mass is 32.2. The molecule has 422 valence electrons. The first-order valence-corrected chi connectivity index (χ1v) is 29.0. The van der Waals surface area contributed by atoms with Gasteiger partial charge in [0.15, 0.2) is 17.4 Å². The predicted octanol–water partition coefficient (Wildman–Crippen LogP) is 10.8. The molecule has 6 aromatic rings. The summed E-state index contributed by atoms with van der Waals surface area (Å²) in [6.07, 6.45) is 8.96. The van der Waals surface area contributed by atoms with E-state index in [4.69, 9.17) is 9.47 Å². The normalized spacial score (nSPS) is 22.0. The summed E-state index contributed by atoms with van der Waals surface area (Å²) >= 11 is 0. The Bertz CT molecular complexity index is 3300. The second-order valence-electron chi connectivity index (χ2n) is 22.9. The zero-order valence-corrected chi connectivity index (χ0v) is 46.5. The molecule has 2 saturated heterocycles. The van der Waals surface area contributed by atoms with Crippen molar-refractivity contribution >= 4 is 44.2 Å². The summed E-state index contributed by atoms with van der Waals surface area (Å²) in [5, 5.41) is 27.0. The van der Waals surface area contributed by atoms with Crippen LogP contribution in [0.2, 0.25) is 0 Å². The van der Waals surface area contributed by atoms with E-state index in [1.54, 1.807) is 25.1 Å². The highest BCUT2D eigenvalue weighted by molar-refractivity contribution is 7.90. The maximum absolute atomic E-state index is 15.0. The quantitative estimate of drug-likeness (QED) is 0.0631. The minimum absolute atomic E-state index is 0.00265. The Morgan fingerprint density at radius 2 is 1.71 bits per heavy atom. The third kappa shape index (κ3) is 12.0. The van der Waals surface area contributed by atoms with E-state index in [0.29, 0.717) is 56.0 Å². The van der Waals surface area contributed by atoms with Gasteiger partial charge in [0.2, 0.25) is 0 Å². The third-order valence-corrected chi connectivity index (χ3v) is 18.3. The molecule has 3 aromatic heterocycles. The second-order valence-corrected chi connectivity index (χ2v) is 24.6. The lowest BCUT2D eigenvalue weighted by Crippen LogP contribution is -2.61. The van der Waals surface area contributed by atoms with Gasteiger partial charge in [-0.15, -0.1) is 0 Å². The van der Waals surface area contributed by atoms with Crippen LogP contribution in [0.25, 0.3) is 11.0 Å². The van der Waals surface area contributed by atoms with E-state index >= 15 is 4.39 Å². The summed E-state index contributed by atoms with van der Waals surface area (Å²) in [6.45, 7) is 14.4. The molecule has 0 unspecified atom stereocenters. The highest BCUT2D eigenvalue weighted by Gasteiger charge is 2.51. The van der Waals surface area contributed by atoms with Gasteiger partial charge in [-0.05, 0) is 143 Å². The molecule has 4 fully saturated rings. The fourth-order valence-corrected chi connectivity index (χ4v) is 13.2. The topological polar surface area (TPSA) is 192 Å². The molecular weight excluding hydrogens is 1040 g/mol. The van der Waals surface area contributed by atoms with Crippen molar-refractivity contribution < 1.29 is 41.0 Å². The number of piperidine rings is 1. The molecule has 79 heavy (non-hydrogen) atoms. The van der Waals surface area contributed by atoms with Crippen molar-refractivity contribution in [1.29, 1.82) is 0 Å². The van der Waals surface area contributed by atoms with E-state index in [9.17, 15) is 32.3 Å². The number of piperazine rings is 1. The lowest BCUT2D eigenvalue weighted by Gasteiger charge is -2.59. The molecule has 1 spiro atoms. The lowest BCUT2D eigenvalue weighted by molar-refractivity contribution is -0.0766. The zero-order valence-electron chi connectivity index (χ0n) is 45.7. The molecule has 16 nitrogen and oxygen atoms in total. The number of carbonyl (C=O) groups excluding carboxylic acids is 1. The fraction of sp³-hybridized carbons (Fsp3) is 0.475. The van der Waals surface area contributed by atoms with Crippen LogP contribution >= 0.6 is 0 Å². The Kier molecular flexibility index (Phi) is 16.0. The predicted molar refractivity (Wildman–Crippen MR) is 299 cm³/mol. The van der Waals surface area contributed by atoms with Gasteiger partial charge < -0.3 is 40.1 Å². The van der Waals surface area contributed by atoms with Gasteiger partial charge in [-0.25, -0.2) is 31.3 Å². The molecule has 2 aliphatic heterocycles. The number of fused-ring (bicyclic) bond motifs is 1. The average Bonchev–Trinajstić information content (AvgIpc) is 3.96. The van der Waals surface area contributed by atoms with Crippen molar-refractivity contribution in [3.05, 3.63) is 130 Å². The van der Waals surface area contributed by atoms with Gasteiger partial charge in [0, 0.05) is 87.6 Å². The molecule has 0 bridgehead atoms.